The van der Waals surface area contributed by atoms with Gasteiger partial charge in [-0.3, -0.25) is 4.90 Å². The normalized spacial score (nSPS) is 25.7. The lowest BCUT2D eigenvalue weighted by molar-refractivity contribution is -0.0215. The Kier molecular flexibility index (Phi) is 4.32. The van der Waals surface area contributed by atoms with Crippen LogP contribution in [0.2, 0.25) is 0 Å². The van der Waals surface area contributed by atoms with Gasteiger partial charge in [0.1, 0.15) is 17.6 Å². The van der Waals surface area contributed by atoms with E-state index in [0.717, 1.165) is 45.0 Å². The lowest BCUT2D eigenvalue weighted by Crippen LogP contribution is -2.62. The fraction of sp³-hybridized carbons (Fsp3) is 0.571. The summed E-state index contributed by atoms with van der Waals surface area (Å²) >= 11 is 0. The Balaban J connectivity index is 1.16. The molecule has 1 unspecified atom stereocenters. The lowest BCUT2D eigenvalue weighted by Gasteiger charge is -2.46. The number of ether oxygens (including phenoxy) is 2. The molecule has 0 amide bonds. The zero-order valence-corrected chi connectivity index (χ0v) is 15.8. The second-order valence-electron chi connectivity index (χ2n) is 8.07. The number of nitrogens with zero attached hydrogens (tertiary/aromatic N) is 3. The molecule has 3 saturated heterocycles. The van der Waals surface area contributed by atoms with Crippen molar-refractivity contribution in [3.05, 3.63) is 42.3 Å². The third-order valence-electron chi connectivity index (χ3n) is 6.46. The molecule has 144 valence electrons. The number of hydrogen-bond donors (Lipinski definition) is 0. The molecule has 1 aromatic carbocycles. The molecular weight excluding hydrogens is 342 g/mol. The van der Waals surface area contributed by atoms with E-state index in [-0.39, 0.29) is 5.60 Å². The van der Waals surface area contributed by atoms with Gasteiger partial charge in [0.2, 0.25) is 0 Å². The van der Waals surface area contributed by atoms with Gasteiger partial charge < -0.3 is 18.8 Å². The molecule has 6 nitrogen and oxygen atoms in total. The Bertz CT molecular complexity index is 765. The first kappa shape index (κ1) is 17.1. The van der Waals surface area contributed by atoms with Crippen molar-refractivity contribution in [2.24, 2.45) is 0 Å². The molecule has 5 rings (SSSR count). The van der Waals surface area contributed by atoms with Crippen LogP contribution in [0.1, 0.15) is 30.7 Å². The van der Waals surface area contributed by atoms with Gasteiger partial charge in [-0.1, -0.05) is 18.2 Å². The zero-order chi connectivity index (χ0) is 18.3. The maximum atomic E-state index is 6.25. The summed E-state index contributed by atoms with van der Waals surface area (Å²) in [6, 6.07) is 9.72. The molecule has 3 aliphatic rings. The molecule has 0 aliphatic carbocycles. The van der Waals surface area contributed by atoms with Crippen molar-refractivity contribution in [3.8, 4) is 5.75 Å². The smallest absolute Gasteiger partial charge is 0.297 e. The molecule has 6 heteroatoms. The van der Waals surface area contributed by atoms with E-state index in [1.54, 1.807) is 19.6 Å². The molecule has 0 N–H and O–H groups in total. The Hall–Kier alpha value is -2.05. The average molecular weight is 369 g/mol. The van der Waals surface area contributed by atoms with E-state index in [1.807, 2.05) is 6.07 Å². The van der Waals surface area contributed by atoms with Gasteiger partial charge >= 0.3 is 0 Å². The summed E-state index contributed by atoms with van der Waals surface area (Å²) in [5.41, 5.74) is 1.36. The van der Waals surface area contributed by atoms with Crippen molar-refractivity contribution in [1.82, 2.24) is 9.88 Å². The van der Waals surface area contributed by atoms with Gasteiger partial charge in [0, 0.05) is 6.04 Å². The van der Waals surface area contributed by atoms with Crippen molar-refractivity contribution in [2.75, 3.05) is 44.8 Å². The maximum absolute atomic E-state index is 6.25. The number of para-hydroxylation sites is 1. The number of methoxy groups -OCH3 is 1. The third-order valence-corrected chi connectivity index (χ3v) is 6.46. The number of rotatable bonds is 4. The highest BCUT2D eigenvalue weighted by Crippen LogP contribution is 2.41. The topological polar surface area (TPSA) is 51.0 Å². The molecule has 27 heavy (non-hydrogen) atoms. The second-order valence-corrected chi connectivity index (χ2v) is 8.07. The number of aromatic nitrogens is 1. The minimum Gasteiger partial charge on any atom is -0.496 e. The van der Waals surface area contributed by atoms with Crippen LogP contribution in [0.25, 0.3) is 0 Å². The first-order valence-electron chi connectivity index (χ1n) is 9.92. The predicted octanol–water partition coefficient (Wildman–Crippen LogP) is 2.91. The van der Waals surface area contributed by atoms with E-state index in [2.05, 4.69) is 33.0 Å². The summed E-state index contributed by atoms with van der Waals surface area (Å²) in [4.78, 5) is 9.03. The fourth-order valence-corrected chi connectivity index (χ4v) is 5.01. The van der Waals surface area contributed by atoms with Gasteiger partial charge in [-0.2, -0.15) is 0 Å². The van der Waals surface area contributed by atoms with Gasteiger partial charge in [-0.05, 0) is 49.9 Å². The highest BCUT2D eigenvalue weighted by Gasteiger charge is 2.52. The van der Waals surface area contributed by atoms with Crippen LogP contribution >= 0.6 is 0 Å². The van der Waals surface area contributed by atoms with Crippen LogP contribution in [0.3, 0.4) is 0 Å². The quantitative estimate of drug-likeness (QED) is 0.826. The van der Waals surface area contributed by atoms with Crippen LogP contribution in [0, 0.1) is 0 Å². The lowest BCUT2D eigenvalue weighted by atomic mass is 9.86. The van der Waals surface area contributed by atoms with Gasteiger partial charge in [-0.15, -0.1) is 0 Å². The van der Waals surface area contributed by atoms with Crippen LogP contribution in [0.4, 0.5) is 6.01 Å². The molecular formula is C21H27N3O3. The van der Waals surface area contributed by atoms with Crippen LogP contribution in [-0.4, -0.2) is 61.4 Å². The average Bonchev–Trinajstić information content (AvgIpc) is 3.37. The molecule has 3 fully saturated rings. The molecule has 0 radical (unpaired) electrons. The minimum absolute atomic E-state index is 0.00135. The van der Waals surface area contributed by atoms with E-state index >= 15 is 0 Å². The second kappa shape index (κ2) is 6.84. The maximum Gasteiger partial charge on any atom is 0.297 e. The number of anilines is 1. The molecule has 3 aliphatic heterocycles. The monoisotopic (exact) mass is 369 g/mol. The first-order valence-corrected chi connectivity index (χ1v) is 9.92. The van der Waals surface area contributed by atoms with Crippen LogP contribution in [0.5, 0.6) is 5.75 Å². The van der Waals surface area contributed by atoms with Gasteiger partial charge in [0.15, 0.2) is 0 Å². The van der Waals surface area contributed by atoms with E-state index in [1.165, 1.54) is 18.4 Å². The van der Waals surface area contributed by atoms with Gasteiger partial charge in [-0.25, -0.2) is 4.98 Å². The van der Waals surface area contributed by atoms with Crippen LogP contribution < -0.4 is 9.64 Å². The summed E-state index contributed by atoms with van der Waals surface area (Å²) < 4.78 is 17.2. The standard InChI is InChI=1S/C21H27N3O3/c1-25-19-5-3-2-4-18(19)16-6-9-23(10-7-16)17-12-21(27-13-17)14-24(15-21)20-22-8-11-26-20/h2-5,8,11,16-17H,6-7,9-10,12-15H2,1H3. The van der Waals surface area contributed by atoms with E-state index in [4.69, 9.17) is 13.9 Å². The SMILES string of the molecule is COc1ccccc1C1CCN(C2COC3(C2)CN(c2ncco2)C3)CC1. The molecule has 1 spiro atoms. The first-order chi connectivity index (χ1) is 13.3. The van der Waals surface area contributed by atoms with Gasteiger partial charge in [0.25, 0.3) is 6.01 Å². The highest BCUT2D eigenvalue weighted by molar-refractivity contribution is 5.37. The molecule has 2 aromatic rings. The molecule has 4 heterocycles. The van der Waals surface area contributed by atoms with Crippen molar-refractivity contribution in [3.63, 3.8) is 0 Å². The number of likely N-dealkylation sites (tertiary alicyclic amines) is 1. The van der Waals surface area contributed by atoms with Gasteiger partial charge in [0.05, 0.1) is 33.0 Å². The Morgan fingerprint density at radius 2 is 2.00 bits per heavy atom. The van der Waals surface area contributed by atoms with E-state index < -0.39 is 0 Å². The van der Waals surface area contributed by atoms with Crippen molar-refractivity contribution >= 4 is 6.01 Å². The molecule has 0 saturated carbocycles. The predicted molar refractivity (Wildman–Crippen MR) is 102 cm³/mol. The zero-order valence-electron chi connectivity index (χ0n) is 15.8. The summed E-state index contributed by atoms with van der Waals surface area (Å²) in [5.74, 6) is 1.62. The van der Waals surface area contributed by atoms with Crippen molar-refractivity contribution in [2.45, 2.75) is 36.8 Å². The highest BCUT2D eigenvalue weighted by atomic mass is 16.5. The van der Waals surface area contributed by atoms with Crippen molar-refractivity contribution in [1.29, 1.82) is 0 Å². The number of piperidine rings is 1. The van der Waals surface area contributed by atoms with E-state index in [9.17, 15) is 0 Å². The summed E-state index contributed by atoms with van der Waals surface area (Å²) in [7, 11) is 1.77. The third kappa shape index (κ3) is 3.11. The van der Waals surface area contributed by atoms with Crippen molar-refractivity contribution < 1.29 is 13.9 Å². The summed E-state index contributed by atoms with van der Waals surface area (Å²) in [6.45, 7) is 4.90. The Morgan fingerprint density at radius 1 is 1.19 bits per heavy atom. The van der Waals surface area contributed by atoms with Crippen LogP contribution in [0.15, 0.2) is 41.1 Å². The number of hydrogen-bond acceptors (Lipinski definition) is 6. The summed E-state index contributed by atoms with van der Waals surface area (Å²) in [6.07, 6.45) is 6.82. The fourth-order valence-electron chi connectivity index (χ4n) is 5.01. The summed E-state index contributed by atoms with van der Waals surface area (Å²) in [5, 5.41) is 0. The molecule has 1 atom stereocenters. The Morgan fingerprint density at radius 3 is 2.74 bits per heavy atom. The van der Waals surface area contributed by atoms with Crippen LogP contribution in [-0.2, 0) is 4.74 Å². The molecule has 0 bridgehead atoms. The largest absolute Gasteiger partial charge is 0.496 e. The Labute approximate surface area is 160 Å². The van der Waals surface area contributed by atoms with E-state index in [0.29, 0.717) is 18.0 Å². The number of benzene rings is 1. The molecule has 1 aromatic heterocycles. The minimum atomic E-state index is -0.00135. The number of oxazole rings is 1.